The molecule has 1 aromatic carbocycles. The van der Waals surface area contributed by atoms with Gasteiger partial charge in [-0.15, -0.1) is 0 Å². The van der Waals surface area contributed by atoms with E-state index < -0.39 is 0 Å². The maximum atomic E-state index is 13.1. The Kier molecular flexibility index (Phi) is 4.89. The highest BCUT2D eigenvalue weighted by Gasteiger charge is 2.17. The Hall–Kier alpha value is -0.740. The fourth-order valence-corrected chi connectivity index (χ4v) is 2.56. The summed E-state index contributed by atoms with van der Waals surface area (Å²) in [6.45, 7) is 0.814. The van der Waals surface area contributed by atoms with Gasteiger partial charge < -0.3 is 4.74 Å². The van der Waals surface area contributed by atoms with Crippen molar-refractivity contribution in [3.05, 3.63) is 34.1 Å². The minimum absolute atomic E-state index is 0.136. The summed E-state index contributed by atoms with van der Waals surface area (Å²) in [4.78, 5) is 11.8. The van der Waals surface area contributed by atoms with E-state index in [1.54, 1.807) is 6.07 Å². The molecule has 1 heterocycles. The molecule has 0 radical (unpaired) electrons. The SMILES string of the molecule is O=C(CCC1CCCO1)Cc1cc(F)ccc1Br. The van der Waals surface area contributed by atoms with Gasteiger partial charge in [-0.25, -0.2) is 4.39 Å². The van der Waals surface area contributed by atoms with E-state index in [0.717, 1.165) is 30.3 Å². The van der Waals surface area contributed by atoms with Crippen LogP contribution in [0.4, 0.5) is 4.39 Å². The van der Waals surface area contributed by atoms with Crippen LogP contribution in [-0.4, -0.2) is 18.5 Å². The van der Waals surface area contributed by atoms with Gasteiger partial charge in [0, 0.05) is 23.9 Å². The molecule has 0 aromatic heterocycles. The molecule has 1 unspecified atom stereocenters. The maximum Gasteiger partial charge on any atom is 0.137 e. The minimum atomic E-state index is -0.305. The maximum absolute atomic E-state index is 13.1. The van der Waals surface area contributed by atoms with Crippen LogP contribution in [0.25, 0.3) is 0 Å². The molecule has 0 N–H and O–H groups in total. The number of halogens is 2. The lowest BCUT2D eigenvalue weighted by molar-refractivity contribution is -0.119. The van der Waals surface area contributed by atoms with Gasteiger partial charge in [0.05, 0.1) is 6.10 Å². The lowest BCUT2D eigenvalue weighted by Crippen LogP contribution is -2.10. The van der Waals surface area contributed by atoms with Gasteiger partial charge >= 0.3 is 0 Å². The highest BCUT2D eigenvalue weighted by Crippen LogP contribution is 2.21. The number of hydrogen-bond acceptors (Lipinski definition) is 2. The van der Waals surface area contributed by atoms with Crippen LogP contribution < -0.4 is 0 Å². The van der Waals surface area contributed by atoms with E-state index in [1.165, 1.54) is 12.1 Å². The summed E-state index contributed by atoms with van der Waals surface area (Å²) in [6.07, 6.45) is 3.96. The summed E-state index contributed by atoms with van der Waals surface area (Å²) in [5.41, 5.74) is 0.715. The van der Waals surface area contributed by atoms with Crippen molar-refractivity contribution in [1.82, 2.24) is 0 Å². The zero-order valence-corrected chi connectivity index (χ0v) is 11.7. The van der Waals surface area contributed by atoms with Crippen LogP contribution in [0.3, 0.4) is 0 Å². The third-order valence-corrected chi connectivity index (χ3v) is 3.94. The van der Waals surface area contributed by atoms with E-state index >= 15 is 0 Å². The highest BCUT2D eigenvalue weighted by molar-refractivity contribution is 9.10. The van der Waals surface area contributed by atoms with Crippen LogP contribution in [0.1, 0.15) is 31.2 Å². The van der Waals surface area contributed by atoms with Crippen molar-refractivity contribution >= 4 is 21.7 Å². The monoisotopic (exact) mass is 314 g/mol. The lowest BCUT2D eigenvalue weighted by atomic mass is 10.0. The number of Topliss-reactive ketones (excluding diaryl/α,β-unsaturated/α-hetero) is 1. The van der Waals surface area contributed by atoms with Crippen molar-refractivity contribution in [2.45, 2.75) is 38.2 Å². The Morgan fingerprint density at radius 1 is 1.50 bits per heavy atom. The predicted octanol–water partition coefficient (Wildman–Crippen LogP) is 3.66. The molecule has 1 saturated heterocycles. The molecule has 1 aliphatic heterocycles. The van der Waals surface area contributed by atoms with E-state index in [4.69, 9.17) is 4.74 Å². The van der Waals surface area contributed by atoms with Gasteiger partial charge in [0.2, 0.25) is 0 Å². The Morgan fingerprint density at radius 2 is 2.33 bits per heavy atom. The van der Waals surface area contributed by atoms with Crippen LogP contribution in [0.5, 0.6) is 0 Å². The van der Waals surface area contributed by atoms with Gasteiger partial charge in [-0.3, -0.25) is 4.79 Å². The summed E-state index contributed by atoms with van der Waals surface area (Å²) >= 11 is 3.33. The van der Waals surface area contributed by atoms with Crippen molar-refractivity contribution in [3.8, 4) is 0 Å². The minimum Gasteiger partial charge on any atom is -0.378 e. The first kappa shape index (κ1) is 13.7. The molecule has 2 nitrogen and oxygen atoms in total. The molecule has 0 amide bonds. The van der Waals surface area contributed by atoms with E-state index in [0.29, 0.717) is 12.0 Å². The van der Waals surface area contributed by atoms with E-state index in [9.17, 15) is 9.18 Å². The Labute approximate surface area is 115 Å². The molecule has 0 spiro atoms. The number of benzene rings is 1. The number of carbonyl (C=O) groups is 1. The Morgan fingerprint density at radius 3 is 3.06 bits per heavy atom. The number of ketones is 1. The smallest absolute Gasteiger partial charge is 0.137 e. The van der Waals surface area contributed by atoms with E-state index in [1.807, 2.05) is 0 Å². The molecule has 1 aliphatic rings. The number of carbonyl (C=O) groups excluding carboxylic acids is 1. The molecule has 0 bridgehead atoms. The van der Waals surface area contributed by atoms with Crippen molar-refractivity contribution in [3.63, 3.8) is 0 Å². The molecule has 1 aromatic rings. The summed E-state index contributed by atoms with van der Waals surface area (Å²) in [7, 11) is 0. The molecule has 0 saturated carbocycles. The summed E-state index contributed by atoms with van der Waals surface area (Å²) in [6, 6.07) is 4.43. The van der Waals surface area contributed by atoms with Crippen LogP contribution in [0.15, 0.2) is 22.7 Å². The first-order chi connectivity index (χ1) is 8.65. The van der Waals surface area contributed by atoms with E-state index in [2.05, 4.69) is 15.9 Å². The zero-order chi connectivity index (χ0) is 13.0. The molecule has 2 rings (SSSR count). The molecule has 4 heteroatoms. The first-order valence-electron chi connectivity index (χ1n) is 6.22. The van der Waals surface area contributed by atoms with Crippen molar-refractivity contribution in [2.24, 2.45) is 0 Å². The molecule has 1 atom stereocenters. The highest BCUT2D eigenvalue weighted by atomic mass is 79.9. The average molecular weight is 315 g/mol. The third-order valence-electron chi connectivity index (χ3n) is 3.16. The van der Waals surface area contributed by atoms with Crippen molar-refractivity contribution < 1.29 is 13.9 Å². The van der Waals surface area contributed by atoms with Gasteiger partial charge in [0.15, 0.2) is 0 Å². The summed E-state index contributed by atoms with van der Waals surface area (Å²) in [5.74, 6) is -0.170. The van der Waals surface area contributed by atoms with Crippen LogP contribution >= 0.6 is 15.9 Å². The third kappa shape index (κ3) is 3.89. The van der Waals surface area contributed by atoms with Gasteiger partial charge in [-0.2, -0.15) is 0 Å². The fourth-order valence-electron chi connectivity index (χ4n) is 2.17. The second-order valence-corrected chi connectivity index (χ2v) is 5.48. The van der Waals surface area contributed by atoms with Gasteiger partial charge in [0.25, 0.3) is 0 Å². The molecular weight excluding hydrogens is 299 g/mol. The molecular formula is C14H16BrFO2. The average Bonchev–Trinajstić information content (AvgIpc) is 2.84. The zero-order valence-electron chi connectivity index (χ0n) is 10.1. The number of ether oxygens (including phenoxy) is 1. The van der Waals surface area contributed by atoms with E-state index in [-0.39, 0.29) is 24.1 Å². The molecule has 0 aliphatic carbocycles. The summed E-state index contributed by atoms with van der Waals surface area (Å²) < 4.78 is 19.3. The fraction of sp³-hybridized carbons (Fsp3) is 0.500. The molecule has 1 fully saturated rings. The molecule has 18 heavy (non-hydrogen) atoms. The van der Waals surface area contributed by atoms with Crippen LogP contribution in [-0.2, 0) is 16.0 Å². The quantitative estimate of drug-likeness (QED) is 0.829. The number of rotatable bonds is 5. The summed E-state index contributed by atoms with van der Waals surface area (Å²) in [5, 5.41) is 0. The van der Waals surface area contributed by atoms with Crippen LogP contribution in [0, 0.1) is 5.82 Å². The Balaban J connectivity index is 1.84. The van der Waals surface area contributed by atoms with Crippen molar-refractivity contribution in [1.29, 1.82) is 0 Å². The topological polar surface area (TPSA) is 26.3 Å². The predicted molar refractivity (Wildman–Crippen MR) is 71.0 cm³/mol. The standard InChI is InChI=1S/C14H16BrFO2/c15-14-6-3-11(16)8-10(14)9-12(17)4-5-13-2-1-7-18-13/h3,6,8,13H,1-2,4-5,7,9H2. The normalized spacial score (nSPS) is 19.1. The van der Waals surface area contributed by atoms with Crippen LogP contribution in [0.2, 0.25) is 0 Å². The second-order valence-electron chi connectivity index (χ2n) is 4.62. The first-order valence-corrected chi connectivity index (χ1v) is 7.01. The second kappa shape index (κ2) is 6.43. The van der Waals surface area contributed by atoms with Gasteiger partial charge in [-0.05, 0) is 43.0 Å². The van der Waals surface area contributed by atoms with Crippen molar-refractivity contribution in [2.75, 3.05) is 6.61 Å². The largest absolute Gasteiger partial charge is 0.378 e. The lowest BCUT2D eigenvalue weighted by Gasteiger charge is -2.08. The number of hydrogen-bond donors (Lipinski definition) is 0. The van der Waals surface area contributed by atoms with Gasteiger partial charge in [-0.1, -0.05) is 15.9 Å². The Bertz CT molecular complexity index is 428. The molecule has 98 valence electrons. The van der Waals surface area contributed by atoms with Gasteiger partial charge in [0.1, 0.15) is 11.6 Å².